The van der Waals surface area contributed by atoms with Gasteiger partial charge >= 0.3 is 0 Å². The van der Waals surface area contributed by atoms with Gasteiger partial charge in [-0.25, -0.2) is 5.84 Å². The number of amides is 1. The second kappa shape index (κ2) is 5.44. The minimum atomic E-state index is -0.236. The Balaban J connectivity index is 2.58. The second-order valence-electron chi connectivity index (χ2n) is 4.26. The Morgan fingerprint density at radius 1 is 1.73 bits per heavy atom. The topological polar surface area (TPSA) is 78.6 Å². The normalized spacial score (nSPS) is 29.9. The van der Waals surface area contributed by atoms with Crippen LogP contribution < -0.4 is 11.3 Å². The first kappa shape index (κ1) is 12.4. The molecule has 88 valence electrons. The lowest BCUT2D eigenvalue weighted by Crippen LogP contribution is -2.53. The van der Waals surface area contributed by atoms with E-state index < -0.39 is 0 Å². The smallest absolute Gasteiger partial charge is 0.251 e. The molecule has 0 saturated carbocycles. The number of nitrogens with zero attached hydrogens (tertiary/aromatic N) is 1. The van der Waals surface area contributed by atoms with E-state index in [1.807, 2.05) is 13.8 Å². The lowest BCUT2D eigenvalue weighted by atomic mass is 9.95. The summed E-state index contributed by atoms with van der Waals surface area (Å²) >= 11 is 0. The molecule has 0 bridgehead atoms. The standard InChI is InChI=1S/C10H21N3O2/c1-3-8(10(15)12-11)13-5-4-9(14)7(2)6-13/h7-9,14H,3-6,11H2,1-2H3,(H,12,15). The fourth-order valence-electron chi connectivity index (χ4n) is 2.15. The van der Waals surface area contributed by atoms with Crippen molar-refractivity contribution in [1.29, 1.82) is 0 Å². The third-order valence-electron chi connectivity index (χ3n) is 3.16. The molecule has 4 N–H and O–H groups in total. The van der Waals surface area contributed by atoms with Gasteiger partial charge in [0, 0.05) is 13.1 Å². The summed E-state index contributed by atoms with van der Waals surface area (Å²) in [5.74, 6) is 5.22. The van der Waals surface area contributed by atoms with Gasteiger partial charge < -0.3 is 5.11 Å². The Bertz CT molecular complexity index is 223. The molecular weight excluding hydrogens is 194 g/mol. The summed E-state index contributed by atoms with van der Waals surface area (Å²) in [5.41, 5.74) is 2.20. The molecule has 3 unspecified atom stereocenters. The minimum absolute atomic E-state index is 0.138. The van der Waals surface area contributed by atoms with Gasteiger partial charge in [0.1, 0.15) is 0 Å². The van der Waals surface area contributed by atoms with Gasteiger partial charge in [0.25, 0.3) is 5.91 Å². The minimum Gasteiger partial charge on any atom is -0.393 e. The zero-order valence-corrected chi connectivity index (χ0v) is 9.44. The molecule has 1 aliphatic heterocycles. The molecule has 1 fully saturated rings. The van der Waals surface area contributed by atoms with E-state index in [1.54, 1.807) is 0 Å². The average Bonchev–Trinajstić information content (AvgIpc) is 2.24. The lowest BCUT2D eigenvalue weighted by Gasteiger charge is -2.38. The average molecular weight is 215 g/mol. The maximum atomic E-state index is 11.5. The first-order chi connectivity index (χ1) is 7.10. The zero-order chi connectivity index (χ0) is 11.4. The number of hydrogen-bond donors (Lipinski definition) is 3. The molecule has 0 spiro atoms. The van der Waals surface area contributed by atoms with Gasteiger partial charge in [-0.1, -0.05) is 13.8 Å². The molecule has 0 aliphatic carbocycles. The highest BCUT2D eigenvalue weighted by Gasteiger charge is 2.31. The van der Waals surface area contributed by atoms with E-state index in [2.05, 4.69) is 10.3 Å². The monoisotopic (exact) mass is 215 g/mol. The van der Waals surface area contributed by atoms with Crippen LogP contribution in [-0.2, 0) is 4.79 Å². The Labute approximate surface area is 90.6 Å². The molecule has 0 aromatic heterocycles. The van der Waals surface area contributed by atoms with Crippen molar-refractivity contribution < 1.29 is 9.90 Å². The highest BCUT2D eigenvalue weighted by molar-refractivity contribution is 5.81. The Morgan fingerprint density at radius 3 is 2.87 bits per heavy atom. The predicted molar refractivity (Wildman–Crippen MR) is 57.8 cm³/mol. The van der Waals surface area contributed by atoms with Gasteiger partial charge in [-0.05, 0) is 18.8 Å². The van der Waals surface area contributed by atoms with Crippen LogP contribution in [0.15, 0.2) is 0 Å². The Morgan fingerprint density at radius 2 is 2.40 bits per heavy atom. The first-order valence-corrected chi connectivity index (χ1v) is 5.52. The van der Waals surface area contributed by atoms with Crippen LogP contribution in [0.3, 0.4) is 0 Å². The van der Waals surface area contributed by atoms with Gasteiger partial charge in [0.2, 0.25) is 0 Å². The van der Waals surface area contributed by atoms with Gasteiger partial charge in [0.05, 0.1) is 12.1 Å². The summed E-state index contributed by atoms with van der Waals surface area (Å²) in [6, 6.07) is -0.162. The zero-order valence-electron chi connectivity index (χ0n) is 9.44. The number of rotatable bonds is 3. The highest BCUT2D eigenvalue weighted by atomic mass is 16.3. The van der Waals surface area contributed by atoms with Crippen molar-refractivity contribution in [2.24, 2.45) is 11.8 Å². The predicted octanol–water partition coefficient (Wildman–Crippen LogP) is -0.542. The van der Waals surface area contributed by atoms with Crippen molar-refractivity contribution in [3.05, 3.63) is 0 Å². The Kier molecular flexibility index (Phi) is 4.50. The molecular formula is C10H21N3O2. The van der Waals surface area contributed by atoms with Crippen molar-refractivity contribution in [2.45, 2.75) is 38.8 Å². The number of nitrogens with two attached hydrogens (primary N) is 1. The van der Waals surface area contributed by atoms with E-state index in [9.17, 15) is 9.90 Å². The molecule has 1 saturated heterocycles. The van der Waals surface area contributed by atoms with Gasteiger partial charge in [-0.2, -0.15) is 0 Å². The largest absolute Gasteiger partial charge is 0.393 e. The number of carbonyl (C=O) groups is 1. The Hall–Kier alpha value is -0.650. The summed E-state index contributed by atoms with van der Waals surface area (Å²) in [6.45, 7) is 5.49. The number of aliphatic hydroxyl groups is 1. The number of aliphatic hydroxyl groups excluding tert-OH is 1. The lowest BCUT2D eigenvalue weighted by molar-refractivity contribution is -0.128. The van der Waals surface area contributed by atoms with Crippen LogP contribution in [0.1, 0.15) is 26.7 Å². The summed E-state index contributed by atoms with van der Waals surface area (Å²) in [5, 5.41) is 9.59. The number of hydrogen-bond acceptors (Lipinski definition) is 4. The summed E-state index contributed by atoms with van der Waals surface area (Å²) < 4.78 is 0. The van der Waals surface area contributed by atoms with E-state index >= 15 is 0 Å². The number of carbonyl (C=O) groups excluding carboxylic acids is 1. The van der Waals surface area contributed by atoms with Crippen molar-refractivity contribution in [3.8, 4) is 0 Å². The van der Waals surface area contributed by atoms with Crippen molar-refractivity contribution in [3.63, 3.8) is 0 Å². The van der Waals surface area contributed by atoms with E-state index in [1.165, 1.54) is 0 Å². The first-order valence-electron chi connectivity index (χ1n) is 5.52. The molecule has 5 nitrogen and oxygen atoms in total. The van der Waals surface area contributed by atoms with Crippen LogP contribution in [0.25, 0.3) is 0 Å². The van der Waals surface area contributed by atoms with Crippen LogP contribution in [0.4, 0.5) is 0 Å². The second-order valence-corrected chi connectivity index (χ2v) is 4.26. The van der Waals surface area contributed by atoms with Crippen molar-refractivity contribution >= 4 is 5.91 Å². The fraction of sp³-hybridized carbons (Fsp3) is 0.900. The van der Waals surface area contributed by atoms with Crippen LogP contribution in [-0.4, -0.2) is 41.1 Å². The fourth-order valence-corrected chi connectivity index (χ4v) is 2.15. The molecule has 3 atom stereocenters. The van der Waals surface area contributed by atoms with Gasteiger partial charge in [-0.3, -0.25) is 15.1 Å². The van der Waals surface area contributed by atoms with Crippen LogP contribution >= 0.6 is 0 Å². The summed E-state index contributed by atoms with van der Waals surface area (Å²) in [4.78, 5) is 13.6. The third-order valence-corrected chi connectivity index (χ3v) is 3.16. The third kappa shape index (κ3) is 2.90. The maximum absolute atomic E-state index is 11.5. The molecule has 0 aromatic rings. The SMILES string of the molecule is CCC(C(=O)NN)N1CCC(O)C(C)C1. The maximum Gasteiger partial charge on any atom is 0.251 e. The quantitative estimate of drug-likeness (QED) is 0.335. The summed E-state index contributed by atoms with van der Waals surface area (Å²) in [6.07, 6.45) is 1.24. The number of piperidine rings is 1. The number of likely N-dealkylation sites (tertiary alicyclic amines) is 1. The molecule has 1 aliphatic rings. The number of hydrazine groups is 1. The molecule has 1 rings (SSSR count). The molecule has 0 aromatic carbocycles. The molecule has 1 heterocycles. The van der Waals surface area contributed by atoms with Gasteiger partial charge in [0.15, 0.2) is 0 Å². The molecule has 1 amide bonds. The van der Waals surface area contributed by atoms with E-state index in [0.717, 1.165) is 25.9 Å². The number of nitrogens with one attached hydrogen (secondary N) is 1. The van der Waals surface area contributed by atoms with Crippen molar-refractivity contribution in [2.75, 3.05) is 13.1 Å². The summed E-state index contributed by atoms with van der Waals surface area (Å²) in [7, 11) is 0. The van der Waals surface area contributed by atoms with E-state index in [4.69, 9.17) is 5.84 Å². The van der Waals surface area contributed by atoms with E-state index in [0.29, 0.717) is 0 Å². The van der Waals surface area contributed by atoms with Crippen molar-refractivity contribution in [1.82, 2.24) is 10.3 Å². The van der Waals surface area contributed by atoms with Crippen LogP contribution in [0.5, 0.6) is 0 Å². The van der Waals surface area contributed by atoms with Crippen LogP contribution in [0, 0.1) is 5.92 Å². The van der Waals surface area contributed by atoms with E-state index in [-0.39, 0.29) is 24.0 Å². The van der Waals surface area contributed by atoms with Crippen LogP contribution in [0.2, 0.25) is 0 Å². The molecule has 0 radical (unpaired) electrons. The van der Waals surface area contributed by atoms with Gasteiger partial charge in [-0.15, -0.1) is 0 Å². The molecule has 5 heteroatoms. The molecule has 15 heavy (non-hydrogen) atoms. The highest BCUT2D eigenvalue weighted by Crippen LogP contribution is 2.19.